The number of carbonyl (C=O) groups excluding carboxylic acids is 1. The molecule has 0 N–H and O–H groups in total. The Balaban J connectivity index is 1.34. The van der Waals surface area contributed by atoms with Crippen LogP contribution in [-0.4, -0.2) is 62.8 Å². The molecule has 2 aromatic heterocycles. The lowest BCUT2D eigenvalue weighted by molar-refractivity contribution is 0.0629. The first-order chi connectivity index (χ1) is 14.0. The molecule has 0 bridgehead atoms. The second kappa shape index (κ2) is 8.32. The number of hydrogen-bond acceptors (Lipinski definition) is 5. The molecule has 1 fully saturated rings. The van der Waals surface area contributed by atoms with E-state index < -0.39 is 0 Å². The van der Waals surface area contributed by atoms with Crippen molar-refractivity contribution in [2.45, 2.75) is 32.2 Å². The van der Waals surface area contributed by atoms with Gasteiger partial charge in [0.1, 0.15) is 5.56 Å². The monoisotopic (exact) mass is 397 g/mol. The van der Waals surface area contributed by atoms with E-state index in [0.29, 0.717) is 19.6 Å². The number of hydrogen-bond donors (Lipinski definition) is 0. The summed E-state index contributed by atoms with van der Waals surface area (Å²) in [6.07, 6.45) is 5.83. The number of fused-ring (bicyclic) bond motifs is 1. The van der Waals surface area contributed by atoms with E-state index in [9.17, 15) is 14.4 Å². The molecule has 1 aliphatic heterocycles. The highest BCUT2D eigenvalue weighted by molar-refractivity contribution is 5.93. The Labute approximate surface area is 169 Å². The average molecular weight is 397 g/mol. The molecule has 8 nitrogen and oxygen atoms in total. The molecule has 2 aliphatic rings. The van der Waals surface area contributed by atoms with Gasteiger partial charge in [-0.1, -0.05) is 0 Å². The summed E-state index contributed by atoms with van der Waals surface area (Å²) in [5, 5.41) is 4.57. The van der Waals surface area contributed by atoms with E-state index in [2.05, 4.69) is 10.00 Å². The predicted octanol–water partition coefficient (Wildman–Crippen LogP) is 0.279. The second-order valence-corrected chi connectivity index (χ2v) is 7.86. The summed E-state index contributed by atoms with van der Waals surface area (Å²) in [6.45, 7) is 3.87. The topological polar surface area (TPSA) is 80.4 Å². The molecule has 29 heavy (non-hydrogen) atoms. The van der Waals surface area contributed by atoms with Gasteiger partial charge in [0.25, 0.3) is 17.0 Å². The summed E-state index contributed by atoms with van der Waals surface area (Å²) >= 11 is 0. The van der Waals surface area contributed by atoms with Crippen molar-refractivity contribution in [2.75, 3.05) is 32.7 Å². The molecule has 1 amide bonds. The van der Waals surface area contributed by atoms with Crippen molar-refractivity contribution in [3.8, 4) is 0 Å². The van der Waals surface area contributed by atoms with E-state index in [1.807, 2.05) is 0 Å². The van der Waals surface area contributed by atoms with Crippen molar-refractivity contribution < 1.29 is 4.79 Å². The molecule has 1 aliphatic carbocycles. The molecule has 0 saturated carbocycles. The van der Waals surface area contributed by atoms with Gasteiger partial charge < -0.3 is 9.47 Å². The van der Waals surface area contributed by atoms with Gasteiger partial charge in [-0.25, -0.2) is 4.68 Å². The number of aromatic nitrogens is 3. The fraction of sp³-hybridized carbons (Fsp3) is 0.524. The van der Waals surface area contributed by atoms with Crippen LogP contribution < -0.4 is 11.1 Å². The molecule has 154 valence electrons. The molecule has 2 aromatic rings. The third-order valence-electron chi connectivity index (χ3n) is 5.92. The molecule has 0 aromatic carbocycles. The van der Waals surface area contributed by atoms with Gasteiger partial charge in [-0.15, -0.1) is 0 Å². The summed E-state index contributed by atoms with van der Waals surface area (Å²) in [5.41, 5.74) is 2.10. The zero-order valence-corrected chi connectivity index (χ0v) is 16.8. The molecule has 0 unspecified atom stereocenters. The molecule has 4 rings (SSSR count). The Morgan fingerprint density at radius 1 is 1.07 bits per heavy atom. The average Bonchev–Trinajstić information content (AvgIpc) is 2.74. The zero-order valence-electron chi connectivity index (χ0n) is 16.8. The van der Waals surface area contributed by atoms with Gasteiger partial charge in [0, 0.05) is 52.0 Å². The molecule has 0 atom stereocenters. The number of piperazine rings is 1. The summed E-state index contributed by atoms with van der Waals surface area (Å²) in [6, 6.07) is 5.05. The van der Waals surface area contributed by atoms with Crippen LogP contribution >= 0.6 is 0 Å². The van der Waals surface area contributed by atoms with Crippen molar-refractivity contribution in [3.05, 3.63) is 61.9 Å². The summed E-state index contributed by atoms with van der Waals surface area (Å²) in [4.78, 5) is 41.1. The van der Waals surface area contributed by atoms with E-state index >= 15 is 0 Å². The summed E-state index contributed by atoms with van der Waals surface area (Å²) in [7, 11) is 1.65. The first-order valence-electron chi connectivity index (χ1n) is 10.3. The van der Waals surface area contributed by atoms with Gasteiger partial charge in [0.05, 0.1) is 12.2 Å². The first-order valence-corrected chi connectivity index (χ1v) is 10.3. The number of carbonyl (C=O) groups is 1. The van der Waals surface area contributed by atoms with Gasteiger partial charge in [0.2, 0.25) is 0 Å². The summed E-state index contributed by atoms with van der Waals surface area (Å²) < 4.78 is 3.00. The van der Waals surface area contributed by atoms with Gasteiger partial charge in [0.15, 0.2) is 0 Å². The van der Waals surface area contributed by atoms with Crippen LogP contribution in [-0.2, 0) is 26.4 Å². The molecular weight excluding hydrogens is 370 g/mol. The van der Waals surface area contributed by atoms with Crippen LogP contribution in [0.4, 0.5) is 0 Å². The molecule has 0 spiro atoms. The Morgan fingerprint density at radius 3 is 2.62 bits per heavy atom. The number of pyridine rings is 1. The maximum Gasteiger partial charge on any atom is 0.267 e. The minimum absolute atomic E-state index is 0.0283. The molecule has 3 heterocycles. The van der Waals surface area contributed by atoms with Crippen LogP contribution in [0.3, 0.4) is 0 Å². The molecule has 8 heteroatoms. The lowest BCUT2D eigenvalue weighted by Gasteiger charge is -2.34. The quantitative estimate of drug-likeness (QED) is 0.740. The predicted molar refractivity (Wildman–Crippen MR) is 109 cm³/mol. The van der Waals surface area contributed by atoms with E-state index in [4.69, 9.17) is 0 Å². The number of nitrogens with zero attached hydrogens (tertiary/aromatic N) is 5. The minimum Gasteiger partial charge on any atom is -0.336 e. The SMILES string of the molecule is Cn1cccc(C(=O)N2CCN(CCn3nc4c(cc3=O)CCCC4)CC2)c1=O. The van der Waals surface area contributed by atoms with E-state index in [1.54, 1.807) is 41.0 Å². The normalized spacial score (nSPS) is 17.2. The largest absolute Gasteiger partial charge is 0.336 e. The van der Waals surface area contributed by atoms with Crippen molar-refractivity contribution in [1.82, 2.24) is 24.1 Å². The molecule has 1 saturated heterocycles. The molecule has 0 radical (unpaired) electrons. The zero-order chi connectivity index (χ0) is 20.4. The van der Waals surface area contributed by atoms with Crippen molar-refractivity contribution >= 4 is 5.91 Å². The standard InChI is InChI=1S/C21H27N5O3/c1-23-8-4-6-17(20(23)28)21(29)25-12-9-24(10-13-25)11-14-26-19(27)15-16-5-2-3-7-18(16)22-26/h4,6,8,15H,2-3,5,7,9-14H2,1H3. The first kappa shape index (κ1) is 19.6. The number of amides is 1. The highest BCUT2D eigenvalue weighted by Crippen LogP contribution is 2.16. The third-order valence-corrected chi connectivity index (χ3v) is 5.92. The molecular formula is C21H27N5O3. The Kier molecular flexibility index (Phi) is 5.62. The van der Waals surface area contributed by atoms with Crippen LogP contribution in [0.25, 0.3) is 0 Å². The van der Waals surface area contributed by atoms with Crippen LogP contribution in [0.1, 0.15) is 34.5 Å². The van der Waals surface area contributed by atoms with Crippen LogP contribution in [0.5, 0.6) is 0 Å². The Hall–Kier alpha value is -2.74. The van der Waals surface area contributed by atoms with E-state index in [1.165, 1.54) is 4.57 Å². The Morgan fingerprint density at radius 2 is 1.83 bits per heavy atom. The van der Waals surface area contributed by atoms with Gasteiger partial charge in [-0.05, 0) is 43.4 Å². The lowest BCUT2D eigenvalue weighted by atomic mass is 9.97. The summed E-state index contributed by atoms with van der Waals surface area (Å²) in [5.74, 6) is -0.210. The lowest BCUT2D eigenvalue weighted by Crippen LogP contribution is -2.50. The van der Waals surface area contributed by atoms with Gasteiger partial charge in [-0.2, -0.15) is 5.10 Å². The van der Waals surface area contributed by atoms with E-state index in [-0.39, 0.29) is 22.6 Å². The van der Waals surface area contributed by atoms with Crippen molar-refractivity contribution in [1.29, 1.82) is 0 Å². The van der Waals surface area contributed by atoms with Crippen LogP contribution in [0.2, 0.25) is 0 Å². The fourth-order valence-corrected chi connectivity index (χ4v) is 4.10. The van der Waals surface area contributed by atoms with Crippen LogP contribution in [0, 0.1) is 0 Å². The number of aryl methyl sites for hydroxylation is 3. The maximum absolute atomic E-state index is 12.7. The van der Waals surface area contributed by atoms with Gasteiger partial charge in [-0.3, -0.25) is 19.3 Å². The maximum atomic E-state index is 12.7. The number of rotatable bonds is 4. The highest BCUT2D eigenvalue weighted by atomic mass is 16.2. The fourth-order valence-electron chi connectivity index (χ4n) is 4.10. The van der Waals surface area contributed by atoms with Crippen molar-refractivity contribution in [3.63, 3.8) is 0 Å². The van der Waals surface area contributed by atoms with E-state index in [0.717, 1.165) is 56.6 Å². The highest BCUT2D eigenvalue weighted by Gasteiger charge is 2.24. The second-order valence-electron chi connectivity index (χ2n) is 7.86. The minimum atomic E-state index is -0.266. The third kappa shape index (κ3) is 4.17. The van der Waals surface area contributed by atoms with Crippen LogP contribution in [0.15, 0.2) is 34.0 Å². The van der Waals surface area contributed by atoms with Gasteiger partial charge >= 0.3 is 0 Å². The smallest absolute Gasteiger partial charge is 0.267 e. The Bertz CT molecular complexity index is 1020. The van der Waals surface area contributed by atoms with Crippen molar-refractivity contribution in [2.24, 2.45) is 7.05 Å².